The van der Waals surface area contributed by atoms with Crippen LogP contribution in [-0.4, -0.2) is 37.7 Å². The van der Waals surface area contributed by atoms with E-state index < -0.39 is 0 Å². The Morgan fingerprint density at radius 2 is 0.500 bits per heavy atom. The van der Waals surface area contributed by atoms with Crippen molar-refractivity contribution >= 4 is 37.7 Å². The Hall–Kier alpha value is 1.26. The second kappa shape index (κ2) is 28.5. The van der Waals surface area contributed by atoms with Crippen molar-refractivity contribution in [3.05, 3.63) is 22.3 Å². The Balaban J connectivity index is 0. The molecule has 0 saturated heterocycles. The van der Waals surface area contributed by atoms with Gasteiger partial charge in [-0.1, -0.05) is 0 Å². The Morgan fingerprint density at radius 3 is 0.500 bits per heavy atom. The van der Waals surface area contributed by atoms with E-state index in [9.17, 15) is 0 Å². The second-order valence-corrected chi connectivity index (χ2v) is 0. The van der Waals surface area contributed by atoms with Crippen LogP contribution >= 0.6 is 0 Å². The van der Waals surface area contributed by atoms with E-state index >= 15 is 0 Å². The minimum absolute atomic E-state index is 0. The molecule has 0 unspecified atom stereocenters. The van der Waals surface area contributed by atoms with Gasteiger partial charge in [0.1, 0.15) is 0 Å². The molecule has 0 bridgehead atoms. The molecular weight excluding hydrogens is 76.1 g/mol. The normalized spacial score (nSPS) is 0. The monoisotopic (exact) mass is 85.0 g/mol. The molecule has 0 saturated carbocycles. The molecule has 0 aliphatic rings. The molecule has 0 aromatic heterocycles. The van der Waals surface area contributed by atoms with Gasteiger partial charge >= 0.3 is 37.7 Å². The van der Waals surface area contributed by atoms with Gasteiger partial charge in [0.25, 0.3) is 0 Å². The van der Waals surface area contributed by atoms with Crippen molar-refractivity contribution < 1.29 is 0 Å². The summed E-state index contributed by atoms with van der Waals surface area (Å²) in [4.78, 5) is 0. The molecule has 0 radical (unpaired) electrons. The molecule has 0 spiro atoms. The molecule has 0 aromatic carbocycles. The first-order valence-electron chi connectivity index (χ1n) is 0. The first-order chi connectivity index (χ1) is 0. The van der Waals surface area contributed by atoms with Crippen molar-refractivity contribution in [1.82, 2.24) is 0 Å². The smallest absolute Gasteiger partial charge is 0.358 e. The average molecular weight is 85.2 g/mol. The summed E-state index contributed by atoms with van der Waals surface area (Å²) in [5, 5.41) is 0. The minimum Gasteiger partial charge on any atom is -0.358 e. The third-order valence-electron chi connectivity index (χ3n) is 0. The van der Waals surface area contributed by atoms with Crippen molar-refractivity contribution in [1.29, 1.82) is 0 Å². The fourth-order valence-corrected chi connectivity index (χ4v) is 0. The summed E-state index contributed by atoms with van der Waals surface area (Å²) < 4.78 is 0. The molecule has 0 aliphatic carbocycles. The zero-order valence-electron chi connectivity index (χ0n) is 3.71. The van der Waals surface area contributed by atoms with Gasteiger partial charge in [-0.25, -0.2) is 0 Å². The van der Waals surface area contributed by atoms with Gasteiger partial charge in [0.2, 0.25) is 0 Å². The zero-order valence-corrected chi connectivity index (χ0v) is 5.92. The average Bonchev–Trinajstić information content (AvgIpc) is 0. The van der Waals surface area contributed by atoms with E-state index in [1.165, 1.54) is 0 Å². The Bertz CT molecular complexity index is 3.25. The first-order valence-corrected chi connectivity index (χ1v) is 0. The quantitative estimate of drug-likeness (QED) is 0.304. The van der Waals surface area contributed by atoms with Crippen LogP contribution in [0.5, 0.6) is 0 Å². The third kappa shape index (κ3) is 10.5. The molecule has 0 aliphatic heterocycles. The zero-order chi connectivity index (χ0) is 0. The summed E-state index contributed by atoms with van der Waals surface area (Å²) in [5.74, 6) is 0. The molecule has 0 aromatic rings. The summed E-state index contributed by atoms with van der Waals surface area (Å²) in [6.07, 6.45) is 0. The molecule has 0 fully saturated rings. The fraction of sp³-hybridized carbons (Fsp3) is 0. The number of hydrogen-bond donors (Lipinski definition) is 0. The van der Waals surface area contributed by atoms with Crippen LogP contribution in [0.1, 0.15) is 0 Å². The van der Waals surface area contributed by atoms with Gasteiger partial charge in [-0.05, 0) is 0 Å². The fourth-order valence-electron chi connectivity index (χ4n) is 0. The van der Waals surface area contributed by atoms with E-state index in [0.29, 0.717) is 0 Å². The van der Waals surface area contributed by atoms with Crippen LogP contribution in [0.4, 0.5) is 0 Å². The van der Waals surface area contributed by atoms with Crippen LogP contribution in [0.25, 0.3) is 0 Å². The van der Waals surface area contributed by atoms with Crippen molar-refractivity contribution in [2.75, 3.05) is 0 Å². The SMILES string of the molecule is [CH3-].[CH3-].[CH3-].[Ca+2]. The van der Waals surface area contributed by atoms with Crippen molar-refractivity contribution in [2.24, 2.45) is 0 Å². The van der Waals surface area contributed by atoms with E-state index in [4.69, 9.17) is 0 Å². The maximum Gasteiger partial charge on any atom is 2.00 e. The van der Waals surface area contributed by atoms with E-state index in [1.807, 2.05) is 0 Å². The third-order valence-corrected chi connectivity index (χ3v) is 0. The standard InChI is InChI=1S/3CH3.Ca/h3*1H3;/q3*-1;+2. The van der Waals surface area contributed by atoms with Gasteiger partial charge < -0.3 is 22.3 Å². The molecule has 0 nitrogen and oxygen atoms in total. The van der Waals surface area contributed by atoms with E-state index in [2.05, 4.69) is 0 Å². The van der Waals surface area contributed by atoms with E-state index in [0.717, 1.165) is 0 Å². The van der Waals surface area contributed by atoms with Gasteiger partial charge in [-0.2, -0.15) is 0 Å². The predicted molar refractivity (Wildman–Crippen MR) is 25.0 cm³/mol. The summed E-state index contributed by atoms with van der Waals surface area (Å²) >= 11 is 0. The van der Waals surface area contributed by atoms with Crippen molar-refractivity contribution in [2.45, 2.75) is 0 Å². The Labute approximate surface area is 59.6 Å². The van der Waals surface area contributed by atoms with Crippen LogP contribution in [0.2, 0.25) is 0 Å². The van der Waals surface area contributed by atoms with Crippen LogP contribution in [-0.2, 0) is 0 Å². The molecular formula is C3H9Ca-. The predicted octanol–water partition coefficient (Wildman–Crippen LogP) is 0.970. The molecule has 24 valence electrons. The maximum atomic E-state index is 0. The minimum atomic E-state index is 0. The van der Waals surface area contributed by atoms with Crippen molar-refractivity contribution in [3.63, 3.8) is 0 Å². The van der Waals surface area contributed by atoms with Crippen molar-refractivity contribution in [3.8, 4) is 0 Å². The summed E-state index contributed by atoms with van der Waals surface area (Å²) in [7, 11) is 0. The van der Waals surface area contributed by atoms with E-state index in [1.54, 1.807) is 0 Å². The summed E-state index contributed by atoms with van der Waals surface area (Å²) in [6.45, 7) is 0. The number of rotatable bonds is 0. The van der Waals surface area contributed by atoms with Crippen LogP contribution < -0.4 is 0 Å². The second-order valence-electron chi connectivity index (χ2n) is 0. The van der Waals surface area contributed by atoms with Gasteiger partial charge in [0.05, 0.1) is 0 Å². The van der Waals surface area contributed by atoms with Crippen LogP contribution in [0, 0.1) is 22.3 Å². The Kier molecular flexibility index (Phi) is 429. The Morgan fingerprint density at radius 1 is 0.500 bits per heavy atom. The van der Waals surface area contributed by atoms with Gasteiger partial charge in [-0.15, -0.1) is 0 Å². The largest absolute Gasteiger partial charge is 2.00 e. The molecule has 0 rings (SSSR count). The summed E-state index contributed by atoms with van der Waals surface area (Å²) in [5.41, 5.74) is 0. The topological polar surface area (TPSA) is 0 Å². The van der Waals surface area contributed by atoms with Crippen LogP contribution in [0.3, 0.4) is 0 Å². The van der Waals surface area contributed by atoms with Gasteiger partial charge in [-0.3, -0.25) is 0 Å². The summed E-state index contributed by atoms with van der Waals surface area (Å²) in [6, 6.07) is 0. The van der Waals surface area contributed by atoms with Gasteiger partial charge in [0, 0.05) is 0 Å². The first kappa shape index (κ1) is 60.1. The molecule has 0 heterocycles. The molecule has 0 atom stereocenters. The van der Waals surface area contributed by atoms with Crippen LogP contribution in [0.15, 0.2) is 0 Å². The molecule has 0 amide bonds. The van der Waals surface area contributed by atoms with Gasteiger partial charge in [0.15, 0.2) is 0 Å². The maximum absolute atomic E-state index is 0. The molecule has 1 heteroatoms. The molecule has 0 N–H and O–H groups in total. The molecule has 4 heavy (non-hydrogen) atoms. The van der Waals surface area contributed by atoms with E-state index in [-0.39, 0.29) is 60.0 Å². The number of hydrogen-bond acceptors (Lipinski definition) is 0.